The van der Waals surface area contributed by atoms with Crippen LogP contribution in [-0.2, 0) is 0 Å². The number of nitrogens with zero attached hydrogens (tertiary/aromatic N) is 1. The molecule has 0 saturated carbocycles. The summed E-state index contributed by atoms with van der Waals surface area (Å²) in [7, 11) is 1.80. The zero-order valence-electron chi connectivity index (χ0n) is 9.82. The molecule has 0 aliphatic heterocycles. The Morgan fingerprint density at radius 1 is 1.38 bits per heavy atom. The number of hydrogen-bond donors (Lipinski definition) is 3. The first kappa shape index (κ1) is 12.3. The van der Waals surface area contributed by atoms with Crippen molar-refractivity contribution >= 4 is 17.4 Å². The number of amidine groups is 2. The van der Waals surface area contributed by atoms with E-state index in [-0.39, 0.29) is 17.7 Å². The maximum Gasteiger partial charge on any atom is 0.114 e. The van der Waals surface area contributed by atoms with Gasteiger partial charge in [0.1, 0.15) is 12.1 Å². The van der Waals surface area contributed by atoms with E-state index in [1.54, 1.807) is 30.5 Å². The number of rotatable bonds is 4. The van der Waals surface area contributed by atoms with E-state index in [1.165, 1.54) is 0 Å². The van der Waals surface area contributed by atoms with Crippen molar-refractivity contribution in [3.63, 3.8) is 0 Å². The van der Waals surface area contributed by atoms with Gasteiger partial charge in [0.05, 0.1) is 17.8 Å². The smallest absolute Gasteiger partial charge is 0.114 e. The highest BCUT2D eigenvalue weighted by Crippen LogP contribution is 2.19. The Morgan fingerprint density at radius 2 is 2.00 bits per heavy atom. The molecule has 0 aliphatic carbocycles. The van der Waals surface area contributed by atoms with Crippen molar-refractivity contribution < 1.29 is 4.42 Å². The van der Waals surface area contributed by atoms with Crippen LogP contribution in [0.25, 0.3) is 0 Å². The minimum Gasteiger partial charge on any atom is -0.470 e. The molecule has 0 amide bonds. The summed E-state index contributed by atoms with van der Waals surface area (Å²) in [6, 6.07) is 1.79. The summed E-state index contributed by atoms with van der Waals surface area (Å²) in [5, 5.41) is 15.4. The van der Waals surface area contributed by atoms with Crippen molar-refractivity contribution in [2.75, 3.05) is 11.9 Å². The largest absolute Gasteiger partial charge is 0.470 e. The molecule has 1 aromatic rings. The molecule has 0 fully saturated rings. The van der Waals surface area contributed by atoms with Crippen molar-refractivity contribution in [3.05, 3.63) is 18.6 Å². The van der Waals surface area contributed by atoms with Crippen LogP contribution in [0.3, 0.4) is 0 Å². The molecule has 1 heterocycles. The van der Waals surface area contributed by atoms with Gasteiger partial charge in [-0.15, -0.1) is 0 Å². The summed E-state index contributed by atoms with van der Waals surface area (Å²) >= 11 is 0. The molecule has 5 nitrogen and oxygen atoms in total. The fraction of sp³-hybridized carbons (Fsp3) is 0.455. The molecule has 0 radical (unpaired) electrons. The fourth-order valence-electron chi connectivity index (χ4n) is 1.40. The number of furan rings is 1. The van der Waals surface area contributed by atoms with Crippen LogP contribution in [0.5, 0.6) is 0 Å². The van der Waals surface area contributed by atoms with Crippen LogP contribution in [0, 0.1) is 22.7 Å². The van der Waals surface area contributed by atoms with E-state index in [2.05, 4.69) is 0 Å². The van der Waals surface area contributed by atoms with Gasteiger partial charge in [0.2, 0.25) is 0 Å². The molecule has 88 valence electrons. The molecule has 2 atom stereocenters. The quantitative estimate of drug-likeness (QED) is 0.536. The molecule has 1 rings (SSSR count). The van der Waals surface area contributed by atoms with Gasteiger partial charge in [-0.2, -0.15) is 0 Å². The molecular weight excluding hydrogens is 204 g/mol. The van der Waals surface area contributed by atoms with Crippen molar-refractivity contribution in [3.8, 4) is 0 Å². The summed E-state index contributed by atoms with van der Waals surface area (Å²) in [5.41, 5.74) is 6.27. The SMILES string of the molecule is CC(C(=N)N)C(C)C(=N)N(C)c1ccoc1. The van der Waals surface area contributed by atoms with Crippen LogP contribution in [0.4, 0.5) is 5.69 Å². The normalized spacial score (nSPS) is 14.2. The molecule has 0 bridgehead atoms. The first-order valence-electron chi connectivity index (χ1n) is 5.13. The summed E-state index contributed by atoms with van der Waals surface area (Å²) in [6.07, 6.45) is 3.15. The maximum atomic E-state index is 8.03. The first-order chi connectivity index (χ1) is 7.45. The monoisotopic (exact) mass is 222 g/mol. The Bertz CT molecular complexity index is 371. The zero-order chi connectivity index (χ0) is 12.3. The second-order valence-electron chi connectivity index (χ2n) is 3.96. The molecule has 16 heavy (non-hydrogen) atoms. The van der Waals surface area contributed by atoms with Gasteiger partial charge in [-0.25, -0.2) is 0 Å². The number of anilines is 1. The molecule has 2 unspecified atom stereocenters. The van der Waals surface area contributed by atoms with E-state index in [1.807, 2.05) is 13.8 Å². The van der Waals surface area contributed by atoms with E-state index >= 15 is 0 Å². The van der Waals surface area contributed by atoms with Gasteiger partial charge in [-0.1, -0.05) is 13.8 Å². The van der Waals surface area contributed by atoms with Crippen LogP contribution >= 0.6 is 0 Å². The lowest BCUT2D eigenvalue weighted by atomic mass is 9.93. The summed E-state index contributed by atoms with van der Waals surface area (Å²) < 4.78 is 4.97. The van der Waals surface area contributed by atoms with Gasteiger partial charge in [0.15, 0.2) is 0 Å². The van der Waals surface area contributed by atoms with E-state index in [9.17, 15) is 0 Å². The van der Waals surface area contributed by atoms with Crippen molar-refractivity contribution in [1.82, 2.24) is 0 Å². The highest BCUT2D eigenvalue weighted by molar-refractivity contribution is 5.99. The Balaban J connectivity index is 2.75. The van der Waals surface area contributed by atoms with Gasteiger partial charge in [-0.05, 0) is 0 Å². The van der Waals surface area contributed by atoms with E-state index in [0.29, 0.717) is 5.84 Å². The van der Waals surface area contributed by atoms with Gasteiger partial charge >= 0.3 is 0 Å². The summed E-state index contributed by atoms with van der Waals surface area (Å²) in [5.74, 6) is 0.293. The zero-order valence-corrected chi connectivity index (χ0v) is 9.82. The lowest BCUT2D eigenvalue weighted by Crippen LogP contribution is -2.38. The minimum absolute atomic E-state index is 0.0996. The Hall–Kier alpha value is -1.78. The predicted molar refractivity (Wildman–Crippen MR) is 65.1 cm³/mol. The highest BCUT2D eigenvalue weighted by Gasteiger charge is 2.22. The van der Waals surface area contributed by atoms with E-state index < -0.39 is 0 Å². The lowest BCUT2D eigenvalue weighted by molar-refractivity contribution is 0.566. The van der Waals surface area contributed by atoms with Crippen molar-refractivity contribution in [1.29, 1.82) is 10.8 Å². The molecule has 0 spiro atoms. The third-order valence-electron chi connectivity index (χ3n) is 2.93. The van der Waals surface area contributed by atoms with Gasteiger partial charge in [0, 0.05) is 24.9 Å². The van der Waals surface area contributed by atoms with Crippen LogP contribution in [-0.4, -0.2) is 18.7 Å². The molecule has 4 N–H and O–H groups in total. The molecule has 0 aromatic carbocycles. The fourth-order valence-corrected chi connectivity index (χ4v) is 1.40. The average molecular weight is 222 g/mol. The third kappa shape index (κ3) is 2.42. The number of hydrogen-bond acceptors (Lipinski definition) is 3. The molecule has 0 saturated heterocycles. The van der Waals surface area contributed by atoms with Crippen LogP contribution in [0.1, 0.15) is 13.8 Å². The third-order valence-corrected chi connectivity index (χ3v) is 2.93. The summed E-state index contributed by atoms with van der Waals surface area (Å²) in [6.45, 7) is 3.75. The second-order valence-corrected chi connectivity index (χ2v) is 3.96. The van der Waals surface area contributed by atoms with Crippen LogP contribution in [0.2, 0.25) is 0 Å². The van der Waals surface area contributed by atoms with Crippen molar-refractivity contribution in [2.45, 2.75) is 13.8 Å². The average Bonchev–Trinajstić information content (AvgIpc) is 2.78. The molecule has 0 aliphatic rings. The first-order valence-corrected chi connectivity index (χ1v) is 5.13. The molecule has 5 heteroatoms. The minimum atomic E-state index is -0.137. The highest BCUT2D eigenvalue weighted by atomic mass is 16.3. The van der Waals surface area contributed by atoms with Gasteiger partial charge in [-0.3, -0.25) is 10.8 Å². The topological polar surface area (TPSA) is 90.1 Å². The predicted octanol–water partition coefficient (Wildman–Crippen LogP) is 1.90. The lowest BCUT2D eigenvalue weighted by Gasteiger charge is -2.26. The molecular formula is C11H18N4O. The number of nitrogens with one attached hydrogen (secondary N) is 2. The van der Waals surface area contributed by atoms with E-state index in [0.717, 1.165) is 5.69 Å². The van der Waals surface area contributed by atoms with Crippen molar-refractivity contribution in [2.24, 2.45) is 17.6 Å². The van der Waals surface area contributed by atoms with Gasteiger partial charge in [0.25, 0.3) is 0 Å². The van der Waals surface area contributed by atoms with Crippen LogP contribution in [0.15, 0.2) is 23.0 Å². The maximum absolute atomic E-state index is 8.03. The standard InChI is InChI=1S/C11H18N4O/c1-7(10(12)13)8(2)11(14)15(3)9-4-5-16-6-9/h4-8,14H,1-3H3,(H3,12,13). The Morgan fingerprint density at radius 3 is 2.44 bits per heavy atom. The van der Waals surface area contributed by atoms with Crippen LogP contribution < -0.4 is 10.6 Å². The molecule has 1 aromatic heterocycles. The summed E-state index contributed by atoms with van der Waals surface area (Å²) in [4.78, 5) is 1.73. The second kappa shape index (κ2) is 4.83. The number of nitrogens with two attached hydrogens (primary N) is 1. The Kier molecular flexibility index (Phi) is 3.71. The van der Waals surface area contributed by atoms with Gasteiger partial charge < -0.3 is 15.1 Å². The Labute approximate surface area is 95.3 Å². The van der Waals surface area contributed by atoms with E-state index in [4.69, 9.17) is 21.0 Å².